The van der Waals surface area contributed by atoms with Crippen molar-refractivity contribution in [1.29, 1.82) is 0 Å². The third-order valence-electron chi connectivity index (χ3n) is 22.8. The second kappa shape index (κ2) is 24.4. The molecule has 0 aliphatic carbocycles. The molecule has 0 radical (unpaired) electrons. The Morgan fingerprint density at radius 1 is 0.178 bits per heavy atom. The highest BCUT2D eigenvalue weighted by Gasteiger charge is 2.46. The smallest absolute Gasteiger partial charge is 0.253 e. The second-order valence-corrected chi connectivity index (χ2v) is 28.9. The van der Waals surface area contributed by atoms with Gasteiger partial charge in [-0.15, -0.1) is 0 Å². The highest BCUT2D eigenvalue weighted by molar-refractivity contribution is 7.03. The molecule has 0 bridgehead atoms. The number of hydrogen-bond acceptors (Lipinski definition) is 3. The molecule has 494 valence electrons. The molecule has 0 N–H and O–H groups in total. The van der Waals surface area contributed by atoms with Gasteiger partial charge in [0.15, 0.2) is 0 Å². The molecule has 22 rings (SSSR count). The van der Waals surface area contributed by atoms with Crippen LogP contribution in [0.2, 0.25) is 0 Å². The second-order valence-electron chi connectivity index (χ2n) is 28.9. The number of rotatable bonds is 11. The maximum atomic E-state index is 5.96. The molecule has 2 aliphatic heterocycles. The lowest BCUT2D eigenvalue weighted by molar-refractivity contribution is 1.26. The minimum Gasteiger partial charge on any atom is -0.311 e. The Kier molecular flexibility index (Phi) is 13.8. The minimum absolute atomic E-state index is 0.245. The van der Waals surface area contributed by atoms with E-state index < -0.39 is 0 Å². The van der Waals surface area contributed by atoms with Gasteiger partial charge in [0.25, 0.3) is 6.71 Å². The standard InChI is InChI=1S/C103H64BN3/c1-7-21-65(22-8-1)71-41-47-87(48-42-71)106-93-61-77-39-37-73-33-19-35-75-45-51-89(99(77)97(73)75)101(93)104-102-90-52-46-76-36-20-34-74-38-40-78(100(90)98(74)76)62-94(102)107(88-49-43-72(44-50-88)66-23-9-2-10-24-66)96-64-84(63-95(106)103(96)104)83-59-91(85-55-79(67-25-11-3-12-26-67)53-80(56-85)68-27-13-4-14-28-68)105-92(60-83)86-57-81(69-29-15-5-16-30-69)54-82(58-86)70-31-17-6-18-32-70/h1-64H. The Balaban J connectivity index is 0.880. The molecule has 3 heterocycles. The van der Waals surface area contributed by atoms with Gasteiger partial charge in [0, 0.05) is 45.3 Å². The summed E-state index contributed by atoms with van der Waals surface area (Å²) >= 11 is 0. The van der Waals surface area contributed by atoms with Gasteiger partial charge in [-0.25, -0.2) is 4.98 Å². The van der Waals surface area contributed by atoms with Gasteiger partial charge in [-0.2, -0.15) is 0 Å². The molecule has 0 fully saturated rings. The van der Waals surface area contributed by atoms with Crippen LogP contribution in [0.25, 0.3) is 165 Å². The Morgan fingerprint density at radius 2 is 0.449 bits per heavy atom. The van der Waals surface area contributed by atoms with Crippen molar-refractivity contribution in [1.82, 2.24) is 4.98 Å². The van der Waals surface area contributed by atoms with E-state index in [2.05, 4.69) is 398 Å². The van der Waals surface area contributed by atoms with E-state index >= 15 is 0 Å². The molecule has 3 nitrogen and oxygen atoms in total. The zero-order valence-corrected chi connectivity index (χ0v) is 58.4. The molecule has 107 heavy (non-hydrogen) atoms. The van der Waals surface area contributed by atoms with Crippen molar-refractivity contribution < 1.29 is 0 Å². The van der Waals surface area contributed by atoms with Crippen LogP contribution in [-0.4, -0.2) is 11.7 Å². The van der Waals surface area contributed by atoms with Crippen molar-refractivity contribution in [3.63, 3.8) is 0 Å². The Morgan fingerprint density at radius 3 is 0.794 bits per heavy atom. The predicted octanol–water partition coefficient (Wildman–Crippen LogP) is 26.0. The van der Waals surface area contributed by atoms with Crippen molar-refractivity contribution in [2.75, 3.05) is 9.80 Å². The maximum absolute atomic E-state index is 5.96. The van der Waals surface area contributed by atoms with Crippen molar-refractivity contribution >= 4 is 122 Å². The van der Waals surface area contributed by atoms with Gasteiger partial charge in [-0.1, -0.05) is 291 Å². The van der Waals surface area contributed by atoms with E-state index in [0.29, 0.717) is 0 Å². The highest BCUT2D eigenvalue weighted by atomic mass is 15.2. The first-order valence-corrected chi connectivity index (χ1v) is 37.1. The molecule has 0 unspecified atom stereocenters. The normalized spacial score (nSPS) is 12.4. The van der Waals surface area contributed by atoms with Crippen LogP contribution in [0.1, 0.15) is 0 Å². The molecular weight excluding hydrogens is 1290 g/mol. The summed E-state index contributed by atoms with van der Waals surface area (Å²) in [4.78, 5) is 11.2. The summed E-state index contributed by atoms with van der Waals surface area (Å²) in [5, 5.41) is 15.1. The number of hydrogen-bond donors (Lipinski definition) is 0. The summed E-state index contributed by atoms with van der Waals surface area (Å²) in [5.41, 5.74) is 30.1. The summed E-state index contributed by atoms with van der Waals surface area (Å²) in [5.74, 6) is 0. The predicted molar refractivity (Wildman–Crippen MR) is 455 cm³/mol. The number of fused-ring (bicyclic) bond motifs is 6. The van der Waals surface area contributed by atoms with Crippen LogP contribution >= 0.6 is 0 Å². The van der Waals surface area contributed by atoms with Crippen molar-refractivity contribution in [3.8, 4) is 100 Å². The molecule has 0 atom stereocenters. The first-order valence-electron chi connectivity index (χ1n) is 37.1. The molecule has 0 saturated carbocycles. The van der Waals surface area contributed by atoms with E-state index in [1.54, 1.807) is 0 Å². The van der Waals surface area contributed by atoms with E-state index in [1.807, 2.05) is 0 Å². The summed E-state index contributed by atoms with van der Waals surface area (Å²) in [6.45, 7) is -0.245. The molecule has 0 saturated heterocycles. The Bertz CT molecular complexity index is 6330. The van der Waals surface area contributed by atoms with Crippen LogP contribution in [0.3, 0.4) is 0 Å². The monoisotopic (exact) mass is 1350 g/mol. The SMILES string of the molecule is c1ccc(-c2ccc(N3c4cc(-c5cc(-c6cc(-c7ccccc7)cc(-c7ccccc7)c6)nc(-c6cc(-c7ccccc7)cc(-c7ccccc7)c6)c5)cc5c4B(c4c3cc3ccc6cccc7ccc4c3c67)c3c(cc4ccc6cccc7ccc3c4c67)N5c3ccc(-c4ccccc4)cc3)cc2)cc1. The van der Waals surface area contributed by atoms with Crippen LogP contribution in [0.15, 0.2) is 388 Å². The summed E-state index contributed by atoms with van der Waals surface area (Å²) < 4.78 is 0. The van der Waals surface area contributed by atoms with E-state index in [1.165, 1.54) is 92.2 Å². The molecule has 1 aromatic heterocycles. The number of pyridine rings is 1. The average Bonchev–Trinajstić information content (AvgIpc) is 0.674. The van der Waals surface area contributed by atoms with Crippen LogP contribution < -0.4 is 26.2 Å². The summed E-state index contributed by atoms with van der Waals surface area (Å²) in [6, 6.07) is 145. The van der Waals surface area contributed by atoms with Crippen LogP contribution in [-0.2, 0) is 0 Å². The molecule has 4 heteroatoms. The Hall–Kier alpha value is -13.9. The number of anilines is 6. The van der Waals surface area contributed by atoms with Crippen molar-refractivity contribution in [2.45, 2.75) is 0 Å². The largest absolute Gasteiger partial charge is 0.311 e. The average molecular weight is 1350 g/mol. The van der Waals surface area contributed by atoms with Crippen molar-refractivity contribution in [3.05, 3.63) is 388 Å². The molecule has 0 amide bonds. The minimum atomic E-state index is -0.245. The van der Waals surface area contributed by atoms with Gasteiger partial charge in [-0.05, 0) is 256 Å². The van der Waals surface area contributed by atoms with Gasteiger partial charge in [0.1, 0.15) is 0 Å². The summed E-state index contributed by atoms with van der Waals surface area (Å²) in [6.07, 6.45) is 0. The van der Waals surface area contributed by atoms with Gasteiger partial charge in [0.2, 0.25) is 0 Å². The summed E-state index contributed by atoms with van der Waals surface area (Å²) in [7, 11) is 0. The van der Waals surface area contributed by atoms with Crippen molar-refractivity contribution in [2.24, 2.45) is 0 Å². The van der Waals surface area contributed by atoms with Crippen LogP contribution in [0.5, 0.6) is 0 Å². The van der Waals surface area contributed by atoms with E-state index in [9.17, 15) is 0 Å². The quantitative estimate of drug-likeness (QED) is 0.0950. The van der Waals surface area contributed by atoms with Crippen LogP contribution in [0, 0.1) is 0 Å². The Labute approximate surface area is 621 Å². The lowest BCUT2D eigenvalue weighted by Crippen LogP contribution is -2.61. The molecule has 20 aromatic rings. The maximum Gasteiger partial charge on any atom is 0.253 e. The number of benzene rings is 19. The zero-order chi connectivity index (χ0) is 70.2. The highest BCUT2D eigenvalue weighted by Crippen LogP contribution is 2.52. The molecule has 2 aliphatic rings. The molecule has 19 aromatic carbocycles. The van der Waals surface area contributed by atoms with E-state index in [0.717, 1.165) is 123 Å². The first kappa shape index (κ1) is 60.6. The van der Waals surface area contributed by atoms with Gasteiger partial charge >= 0.3 is 0 Å². The lowest BCUT2D eigenvalue weighted by atomic mass is 9.32. The third-order valence-corrected chi connectivity index (χ3v) is 22.8. The topological polar surface area (TPSA) is 19.4 Å². The van der Waals surface area contributed by atoms with Gasteiger partial charge in [0.05, 0.1) is 11.4 Å². The van der Waals surface area contributed by atoms with E-state index in [4.69, 9.17) is 4.98 Å². The van der Waals surface area contributed by atoms with E-state index in [-0.39, 0.29) is 6.71 Å². The molecular formula is C103H64BN3. The third kappa shape index (κ3) is 9.95. The number of aromatic nitrogens is 1. The number of nitrogens with zero attached hydrogens (tertiary/aromatic N) is 3. The lowest BCUT2D eigenvalue weighted by Gasteiger charge is -2.45. The van der Waals surface area contributed by atoms with Gasteiger partial charge < -0.3 is 9.80 Å². The fourth-order valence-electron chi connectivity index (χ4n) is 17.9. The fraction of sp³-hybridized carbons (Fsp3) is 0. The fourth-order valence-corrected chi connectivity index (χ4v) is 17.9. The first-order chi connectivity index (χ1) is 53.0. The van der Waals surface area contributed by atoms with Gasteiger partial charge in [-0.3, -0.25) is 0 Å². The molecule has 0 spiro atoms. The zero-order valence-electron chi connectivity index (χ0n) is 58.4. The van der Waals surface area contributed by atoms with Crippen LogP contribution in [0.4, 0.5) is 34.1 Å².